The van der Waals surface area contributed by atoms with Crippen LogP contribution in [0.3, 0.4) is 0 Å². The SMILES string of the molecule is Cc1cccc(-n2cc(-c3cnn(Cc4ccccc4)c3)cn2)c1. The molecule has 4 aromatic rings. The Balaban J connectivity index is 1.57. The predicted octanol–water partition coefficient (Wildman–Crippen LogP) is 4.09. The van der Waals surface area contributed by atoms with Gasteiger partial charge in [0.25, 0.3) is 0 Å². The molecule has 0 aliphatic rings. The van der Waals surface area contributed by atoms with E-state index in [1.54, 1.807) is 0 Å². The summed E-state index contributed by atoms with van der Waals surface area (Å²) in [6.45, 7) is 2.86. The van der Waals surface area contributed by atoms with Crippen LogP contribution in [0, 0.1) is 6.92 Å². The quantitative estimate of drug-likeness (QED) is 0.569. The molecule has 4 nitrogen and oxygen atoms in total. The Hall–Kier alpha value is -3.14. The molecule has 0 spiro atoms. The number of aromatic nitrogens is 4. The molecule has 118 valence electrons. The Kier molecular flexibility index (Phi) is 3.71. The van der Waals surface area contributed by atoms with Gasteiger partial charge in [0.2, 0.25) is 0 Å². The van der Waals surface area contributed by atoms with Crippen LogP contribution in [0.15, 0.2) is 79.4 Å². The molecule has 0 atom stereocenters. The fourth-order valence-electron chi connectivity index (χ4n) is 2.75. The van der Waals surface area contributed by atoms with E-state index in [0.29, 0.717) is 0 Å². The van der Waals surface area contributed by atoms with Crippen molar-refractivity contribution in [2.75, 3.05) is 0 Å². The number of hydrogen-bond donors (Lipinski definition) is 0. The van der Waals surface area contributed by atoms with Gasteiger partial charge in [-0.05, 0) is 30.2 Å². The summed E-state index contributed by atoms with van der Waals surface area (Å²) in [5.74, 6) is 0. The molecule has 0 aliphatic heterocycles. The van der Waals surface area contributed by atoms with Crippen LogP contribution in [0.5, 0.6) is 0 Å². The third kappa shape index (κ3) is 2.99. The van der Waals surface area contributed by atoms with Gasteiger partial charge in [0.1, 0.15) is 0 Å². The molecule has 0 bridgehead atoms. The fourth-order valence-corrected chi connectivity index (χ4v) is 2.75. The minimum Gasteiger partial charge on any atom is -0.268 e. The molecule has 2 aromatic carbocycles. The van der Waals surface area contributed by atoms with Crippen molar-refractivity contribution < 1.29 is 0 Å². The van der Waals surface area contributed by atoms with Crippen molar-refractivity contribution in [1.82, 2.24) is 19.6 Å². The smallest absolute Gasteiger partial charge is 0.0659 e. The maximum Gasteiger partial charge on any atom is 0.0659 e. The number of nitrogens with zero attached hydrogens (tertiary/aromatic N) is 4. The van der Waals surface area contributed by atoms with Gasteiger partial charge in [0.05, 0.1) is 24.6 Å². The highest BCUT2D eigenvalue weighted by molar-refractivity contribution is 5.60. The molecular weight excluding hydrogens is 296 g/mol. The molecule has 0 radical (unpaired) electrons. The van der Waals surface area contributed by atoms with Gasteiger partial charge in [-0.25, -0.2) is 4.68 Å². The lowest BCUT2D eigenvalue weighted by molar-refractivity contribution is 0.687. The third-order valence-electron chi connectivity index (χ3n) is 4.00. The summed E-state index contributed by atoms with van der Waals surface area (Å²) in [7, 11) is 0. The van der Waals surface area contributed by atoms with Gasteiger partial charge in [-0.3, -0.25) is 4.68 Å². The first kappa shape index (κ1) is 14.5. The van der Waals surface area contributed by atoms with Crippen molar-refractivity contribution in [2.24, 2.45) is 0 Å². The number of benzene rings is 2. The van der Waals surface area contributed by atoms with Crippen molar-refractivity contribution in [1.29, 1.82) is 0 Å². The molecule has 4 rings (SSSR count). The van der Waals surface area contributed by atoms with E-state index in [4.69, 9.17) is 0 Å². The summed E-state index contributed by atoms with van der Waals surface area (Å²) in [5, 5.41) is 8.94. The van der Waals surface area contributed by atoms with Crippen LogP contribution in [0.4, 0.5) is 0 Å². The summed E-state index contributed by atoms with van der Waals surface area (Å²) in [4.78, 5) is 0. The summed E-state index contributed by atoms with van der Waals surface area (Å²) < 4.78 is 3.85. The van der Waals surface area contributed by atoms with Crippen LogP contribution >= 0.6 is 0 Å². The molecule has 2 aromatic heterocycles. The minimum absolute atomic E-state index is 0.771. The minimum atomic E-state index is 0.771. The van der Waals surface area contributed by atoms with Crippen molar-refractivity contribution in [3.8, 4) is 16.8 Å². The summed E-state index contributed by atoms with van der Waals surface area (Å²) >= 11 is 0. The van der Waals surface area contributed by atoms with E-state index >= 15 is 0 Å². The Morgan fingerprint density at radius 1 is 0.833 bits per heavy atom. The monoisotopic (exact) mass is 314 g/mol. The predicted molar refractivity (Wildman–Crippen MR) is 95.1 cm³/mol. The lowest BCUT2D eigenvalue weighted by Gasteiger charge is -2.01. The zero-order valence-electron chi connectivity index (χ0n) is 13.5. The standard InChI is InChI=1S/C20H18N4/c1-16-6-5-9-20(10-16)24-15-19(12-22-24)18-11-21-23(14-18)13-17-7-3-2-4-8-17/h2-12,14-15H,13H2,1H3. The van der Waals surface area contributed by atoms with Crippen molar-refractivity contribution in [3.05, 3.63) is 90.5 Å². The second-order valence-electron chi connectivity index (χ2n) is 5.92. The average molecular weight is 314 g/mol. The highest BCUT2D eigenvalue weighted by Crippen LogP contribution is 2.20. The average Bonchev–Trinajstić information content (AvgIpc) is 3.25. The van der Waals surface area contributed by atoms with Gasteiger partial charge >= 0.3 is 0 Å². The molecule has 0 fully saturated rings. The Bertz CT molecular complexity index is 950. The van der Waals surface area contributed by atoms with E-state index in [-0.39, 0.29) is 0 Å². The summed E-state index contributed by atoms with van der Waals surface area (Å²) in [6.07, 6.45) is 7.87. The van der Waals surface area contributed by atoms with E-state index in [1.807, 2.05) is 52.2 Å². The highest BCUT2D eigenvalue weighted by Gasteiger charge is 2.06. The lowest BCUT2D eigenvalue weighted by atomic mass is 10.2. The lowest BCUT2D eigenvalue weighted by Crippen LogP contribution is -1.99. The topological polar surface area (TPSA) is 35.6 Å². The molecule has 4 heteroatoms. The van der Waals surface area contributed by atoms with Gasteiger partial charge in [0.15, 0.2) is 0 Å². The molecular formula is C20H18N4. The van der Waals surface area contributed by atoms with Crippen LogP contribution in [0.25, 0.3) is 16.8 Å². The highest BCUT2D eigenvalue weighted by atomic mass is 15.3. The number of hydrogen-bond acceptors (Lipinski definition) is 2. The van der Waals surface area contributed by atoms with Crippen molar-refractivity contribution in [2.45, 2.75) is 13.5 Å². The van der Waals surface area contributed by atoms with Gasteiger partial charge in [-0.15, -0.1) is 0 Å². The van der Waals surface area contributed by atoms with Crippen LogP contribution in [0.1, 0.15) is 11.1 Å². The maximum atomic E-state index is 4.48. The molecule has 0 aliphatic carbocycles. The Morgan fingerprint density at radius 2 is 1.62 bits per heavy atom. The van der Waals surface area contributed by atoms with Crippen LogP contribution < -0.4 is 0 Å². The van der Waals surface area contributed by atoms with Crippen LogP contribution in [0.2, 0.25) is 0 Å². The Morgan fingerprint density at radius 3 is 2.46 bits per heavy atom. The normalized spacial score (nSPS) is 10.9. The van der Waals surface area contributed by atoms with Crippen LogP contribution in [-0.4, -0.2) is 19.6 Å². The third-order valence-corrected chi connectivity index (χ3v) is 4.00. The van der Waals surface area contributed by atoms with Crippen molar-refractivity contribution in [3.63, 3.8) is 0 Å². The van der Waals surface area contributed by atoms with E-state index in [2.05, 4.69) is 53.6 Å². The largest absolute Gasteiger partial charge is 0.268 e. The summed E-state index contributed by atoms with van der Waals surface area (Å²) in [6, 6.07) is 18.6. The van der Waals surface area contributed by atoms with Gasteiger partial charge in [-0.2, -0.15) is 10.2 Å². The molecule has 0 N–H and O–H groups in total. The van der Waals surface area contributed by atoms with E-state index < -0.39 is 0 Å². The second-order valence-corrected chi connectivity index (χ2v) is 5.92. The van der Waals surface area contributed by atoms with Gasteiger partial charge in [-0.1, -0.05) is 42.5 Å². The maximum absolute atomic E-state index is 4.48. The zero-order chi connectivity index (χ0) is 16.4. The molecule has 0 saturated heterocycles. The number of aryl methyl sites for hydroxylation is 1. The summed E-state index contributed by atoms with van der Waals surface area (Å²) in [5.41, 5.74) is 5.67. The molecule has 24 heavy (non-hydrogen) atoms. The van der Waals surface area contributed by atoms with E-state index in [0.717, 1.165) is 23.4 Å². The molecule has 2 heterocycles. The van der Waals surface area contributed by atoms with Crippen LogP contribution in [-0.2, 0) is 6.54 Å². The first-order chi connectivity index (χ1) is 11.8. The molecule has 0 amide bonds. The van der Waals surface area contributed by atoms with Crippen molar-refractivity contribution >= 4 is 0 Å². The van der Waals surface area contributed by atoms with Gasteiger partial charge in [0, 0.05) is 23.5 Å². The zero-order valence-corrected chi connectivity index (χ0v) is 13.5. The van der Waals surface area contributed by atoms with E-state index in [9.17, 15) is 0 Å². The fraction of sp³-hybridized carbons (Fsp3) is 0.100. The molecule has 0 saturated carbocycles. The first-order valence-corrected chi connectivity index (χ1v) is 7.96. The number of rotatable bonds is 4. The van der Waals surface area contributed by atoms with E-state index in [1.165, 1.54) is 11.1 Å². The molecule has 0 unspecified atom stereocenters. The first-order valence-electron chi connectivity index (χ1n) is 7.96. The van der Waals surface area contributed by atoms with Gasteiger partial charge < -0.3 is 0 Å². The second kappa shape index (κ2) is 6.16. The Labute approximate surface area is 141 Å².